The highest BCUT2D eigenvalue weighted by Gasteiger charge is 2.19. The summed E-state index contributed by atoms with van der Waals surface area (Å²) in [5, 5.41) is 10.8. The highest BCUT2D eigenvalue weighted by Crippen LogP contribution is 2.16. The van der Waals surface area contributed by atoms with Gasteiger partial charge in [-0.3, -0.25) is 0 Å². The van der Waals surface area contributed by atoms with Crippen LogP contribution in [-0.4, -0.2) is 27.5 Å². The molecule has 26 heavy (non-hydrogen) atoms. The maximum Gasteiger partial charge on any atom is 0.243 e. The maximum atomic E-state index is 13.7. The largest absolute Gasteiger partial charge is 0.545 e. The summed E-state index contributed by atoms with van der Waals surface area (Å²) >= 11 is 0. The number of nitrogens with one attached hydrogen (secondary N) is 1. The van der Waals surface area contributed by atoms with E-state index >= 15 is 0 Å². The Bertz CT molecular complexity index is 866. The average Bonchev–Trinajstić information content (AvgIpc) is 2.60. The number of halogens is 1. The van der Waals surface area contributed by atoms with Crippen LogP contribution in [0, 0.1) is 5.82 Å². The summed E-state index contributed by atoms with van der Waals surface area (Å²) in [6, 6.07) is 9.89. The van der Waals surface area contributed by atoms with Crippen LogP contribution in [0.1, 0.15) is 29.3 Å². The lowest BCUT2D eigenvalue weighted by Gasteiger charge is -2.11. The molecular weight excluding hydrogens is 361 g/mol. The van der Waals surface area contributed by atoms with Gasteiger partial charge in [-0.15, -0.1) is 0 Å². The van der Waals surface area contributed by atoms with Gasteiger partial charge in [0, 0.05) is 6.54 Å². The Balaban J connectivity index is 1.94. The van der Waals surface area contributed by atoms with Gasteiger partial charge in [0.15, 0.2) is 0 Å². The van der Waals surface area contributed by atoms with Gasteiger partial charge in [0.1, 0.15) is 23.1 Å². The zero-order valence-electron chi connectivity index (χ0n) is 14.2. The molecule has 0 amide bonds. The fourth-order valence-corrected chi connectivity index (χ4v) is 3.41. The Kier molecular flexibility index (Phi) is 6.70. The zero-order chi connectivity index (χ0) is 19.2. The summed E-state index contributed by atoms with van der Waals surface area (Å²) < 4.78 is 45.6. The molecule has 0 aliphatic heterocycles. The van der Waals surface area contributed by atoms with Crippen molar-refractivity contribution >= 4 is 16.0 Å². The Labute approximate surface area is 151 Å². The zero-order valence-corrected chi connectivity index (χ0v) is 15.0. The van der Waals surface area contributed by atoms with E-state index in [4.69, 9.17) is 4.74 Å². The first-order valence-electron chi connectivity index (χ1n) is 8.06. The second-order valence-corrected chi connectivity index (χ2v) is 7.31. The molecule has 0 fully saturated rings. The molecule has 0 aliphatic carbocycles. The fraction of sp³-hybridized carbons (Fsp3) is 0.278. The quantitative estimate of drug-likeness (QED) is 0.665. The van der Waals surface area contributed by atoms with E-state index < -0.39 is 32.3 Å². The van der Waals surface area contributed by atoms with Crippen LogP contribution < -0.4 is 14.6 Å². The second-order valence-electron chi connectivity index (χ2n) is 5.57. The van der Waals surface area contributed by atoms with Crippen molar-refractivity contribution in [3.8, 4) is 5.75 Å². The van der Waals surface area contributed by atoms with Crippen LogP contribution >= 0.6 is 0 Å². The van der Waals surface area contributed by atoms with Crippen LogP contribution in [0.4, 0.5) is 4.39 Å². The fourth-order valence-electron chi connectivity index (χ4n) is 2.30. The molecule has 0 atom stereocenters. The number of carboxylic acid groups (broad SMARTS) is 1. The summed E-state index contributed by atoms with van der Waals surface area (Å²) in [5.41, 5.74) is 0.763. The third kappa shape index (κ3) is 5.27. The number of aromatic carboxylic acids is 1. The first-order chi connectivity index (χ1) is 12.3. The predicted molar refractivity (Wildman–Crippen MR) is 91.9 cm³/mol. The Morgan fingerprint density at radius 2 is 1.88 bits per heavy atom. The molecular formula is C18H19FNO5S-. The average molecular weight is 380 g/mol. The molecule has 140 valence electrons. The number of carbonyl (C=O) groups is 1. The SMILES string of the molecule is CCCc1ccc(OCCNS(=O)(=O)c2cc(C(=O)[O-])ccc2F)cc1. The second kappa shape index (κ2) is 8.77. The van der Waals surface area contributed by atoms with Crippen molar-refractivity contribution < 1.29 is 27.4 Å². The molecule has 0 unspecified atom stereocenters. The summed E-state index contributed by atoms with van der Waals surface area (Å²) in [4.78, 5) is 10.1. The number of hydrogen-bond donors (Lipinski definition) is 1. The topological polar surface area (TPSA) is 95.5 Å². The molecule has 6 nitrogen and oxygen atoms in total. The monoisotopic (exact) mass is 380 g/mol. The van der Waals surface area contributed by atoms with Crippen LogP contribution in [0.3, 0.4) is 0 Å². The standard InChI is InChI=1S/C18H20FNO5S/c1-2-3-13-4-7-15(8-5-13)25-11-10-20-26(23,24)17-12-14(18(21)22)6-9-16(17)19/h4-9,12,20H,2-3,10-11H2,1H3,(H,21,22)/p-1. The van der Waals surface area contributed by atoms with E-state index in [1.165, 1.54) is 5.56 Å². The number of ether oxygens (including phenoxy) is 1. The third-order valence-corrected chi connectivity index (χ3v) is 5.06. The van der Waals surface area contributed by atoms with Crippen molar-refractivity contribution in [2.75, 3.05) is 13.2 Å². The van der Waals surface area contributed by atoms with Crippen molar-refractivity contribution in [2.24, 2.45) is 0 Å². The van der Waals surface area contributed by atoms with Crippen molar-refractivity contribution in [3.63, 3.8) is 0 Å². The summed E-state index contributed by atoms with van der Waals surface area (Å²) in [6.07, 6.45) is 2.01. The van der Waals surface area contributed by atoms with Crippen LogP contribution in [0.2, 0.25) is 0 Å². The van der Waals surface area contributed by atoms with Crippen molar-refractivity contribution in [2.45, 2.75) is 24.7 Å². The minimum Gasteiger partial charge on any atom is -0.545 e. The van der Waals surface area contributed by atoms with Gasteiger partial charge < -0.3 is 14.6 Å². The normalized spacial score (nSPS) is 11.3. The molecule has 0 aliphatic rings. The van der Waals surface area contributed by atoms with E-state index in [-0.39, 0.29) is 13.2 Å². The van der Waals surface area contributed by atoms with E-state index in [0.717, 1.165) is 31.0 Å². The van der Waals surface area contributed by atoms with Gasteiger partial charge in [-0.1, -0.05) is 31.5 Å². The smallest absolute Gasteiger partial charge is 0.243 e. The summed E-state index contributed by atoms with van der Waals surface area (Å²) in [7, 11) is -4.21. The van der Waals surface area contributed by atoms with Crippen molar-refractivity contribution in [3.05, 3.63) is 59.4 Å². The number of hydrogen-bond acceptors (Lipinski definition) is 5. The Morgan fingerprint density at radius 3 is 2.50 bits per heavy atom. The van der Waals surface area contributed by atoms with E-state index in [0.29, 0.717) is 5.75 Å². The van der Waals surface area contributed by atoms with E-state index in [1.807, 2.05) is 12.1 Å². The van der Waals surface area contributed by atoms with Gasteiger partial charge in [-0.05, 0) is 41.8 Å². The van der Waals surface area contributed by atoms with E-state index in [9.17, 15) is 22.7 Å². The number of rotatable bonds is 9. The van der Waals surface area contributed by atoms with E-state index in [1.54, 1.807) is 12.1 Å². The van der Waals surface area contributed by atoms with Crippen molar-refractivity contribution in [1.82, 2.24) is 4.72 Å². The Hall–Kier alpha value is -2.45. The van der Waals surface area contributed by atoms with Crippen LogP contribution in [-0.2, 0) is 16.4 Å². The number of carboxylic acids is 1. The summed E-state index contributed by atoms with van der Waals surface area (Å²) in [5.74, 6) is -2.04. The van der Waals surface area contributed by atoms with Gasteiger partial charge in [0.25, 0.3) is 0 Å². The van der Waals surface area contributed by atoms with Gasteiger partial charge >= 0.3 is 0 Å². The summed E-state index contributed by atoms with van der Waals surface area (Å²) in [6.45, 7) is 2.02. The molecule has 2 aromatic rings. The molecule has 0 saturated carbocycles. The molecule has 0 saturated heterocycles. The molecule has 0 heterocycles. The highest BCUT2D eigenvalue weighted by molar-refractivity contribution is 7.89. The molecule has 0 spiro atoms. The number of carbonyl (C=O) groups excluding carboxylic acids is 1. The maximum absolute atomic E-state index is 13.7. The molecule has 1 N–H and O–H groups in total. The van der Waals surface area contributed by atoms with Crippen molar-refractivity contribution in [1.29, 1.82) is 0 Å². The van der Waals surface area contributed by atoms with Gasteiger partial charge in [0.2, 0.25) is 10.0 Å². The van der Waals surface area contributed by atoms with E-state index in [2.05, 4.69) is 11.6 Å². The lowest BCUT2D eigenvalue weighted by Crippen LogP contribution is -2.29. The molecule has 0 aromatic heterocycles. The molecule has 0 bridgehead atoms. The molecule has 8 heteroatoms. The third-order valence-electron chi connectivity index (χ3n) is 3.58. The Morgan fingerprint density at radius 1 is 1.19 bits per heavy atom. The predicted octanol–water partition coefficient (Wildman–Crippen LogP) is 1.50. The van der Waals surface area contributed by atoms with Crippen LogP contribution in [0.5, 0.6) is 5.75 Å². The van der Waals surface area contributed by atoms with Gasteiger partial charge in [-0.25, -0.2) is 17.5 Å². The number of sulfonamides is 1. The molecule has 0 radical (unpaired) electrons. The highest BCUT2D eigenvalue weighted by atomic mass is 32.2. The lowest BCUT2D eigenvalue weighted by atomic mass is 10.1. The first kappa shape index (κ1) is 19.9. The van der Waals surface area contributed by atoms with Crippen LogP contribution in [0.15, 0.2) is 47.4 Å². The number of benzene rings is 2. The molecule has 2 rings (SSSR count). The number of aryl methyl sites for hydroxylation is 1. The van der Waals surface area contributed by atoms with Gasteiger partial charge in [0.05, 0.1) is 5.97 Å². The molecule has 2 aromatic carbocycles. The van der Waals surface area contributed by atoms with Gasteiger partial charge in [-0.2, -0.15) is 0 Å². The minimum atomic E-state index is -4.21. The van der Waals surface area contributed by atoms with Crippen LogP contribution in [0.25, 0.3) is 0 Å². The lowest BCUT2D eigenvalue weighted by molar-refractivity contribution is -0.255. The first-order valence-corrected chi connectivity index (χ1v) is 9.54. The minimum absolute atomic E-state index is 0.0359.